The molecule has 0 saturated heterocycles. The van der Waals surface area contributed by atoms with Crippen molar-refractivity contribution in [2.24, 2.45) is 0 Å². The second-order valence-electron chi connectivity index (χ2n) is 4.88. The number of amides is 1. The summed E-state index contributed by atoms with van der Waals surface area (Å²) < 4.78 is 32.1. The number of hydrogen-bond donors (Lipinski definition) is 2. The SMILES string of the molecule is O=C(NCc1ccco1)c1ccc(NS(=O)(=O)c2cccs2)cc1. The lowest BCUT2D eigenvalue weighted by atomic mass is 10.2. The van der Waals surface area contributed by atoms with Crippen LogP contribution in [0.3, 0.4) is 0 Å². The molecule has 2 aromatic heterocycles. The minimum atomic E-state index is -3.59. The third-order valence-electron chi connectivity index (χ3n) is 3.16. The Morgan fingerprint density at radius 3 is 2.50 bits per heavy atom. The number of carbonyl (C=O) groups excluding carboxylic acids is 1. The molecule has 0 aliphatic carbocycles. The maximum atomic E-state index is 12.1. The molecule has 24 heavy (non-hydrogen) atoms. The van der Waals surface area contributed by atoms with Crippen LogP contribution in [0.5, 0.6) is 0 Å². The first kappa shape index (κ1) is 16.3. The zero-order chi connectivity index (χ0) is 17.0. The van der Waals surface area contributed by atoms with E-state index in [1.54, 1.807) is 47.8 Å². The van der Waals surface area contributed by atoms with Crippen LogP contribution in [-0.4, -0.2) is 14.3 Å². The molecule has 0 spiro atoms. The molecule has 0 saturated carbocycles. The summed E-state index contributed by atoms with van der Waals surface area (Å²) in [6.45, 7) is 0.290. The molecule has 2 N–H and O–H groups in total. The van der Waals surface area contributed by atoms with Gasteiger partial charge < -0.3 is 9.73 Å². The maximum absolute atomic E-state index is 12.1. The van der Waals surface area contributed by atoms with Gasteiger partial charge in [0.15, 0.2) is 0 Å². The van der Waals surface area contributed by atoms with Crippen molar-refractivity contribution in [2.75, 3.05) is 4.72 Å². The number of nitrogens with one attached hydrogen (secondary N) is 2. The Hall–Kier alpha value is -2.58. The summed E-state index contributed by atoms with van der Waals surface area (Å²) in [4.78, 5) is 12.0. The van der Waals surface area contributed by atoms with Gasteiger partial charge in [0.2, 0.25) is 0 Å². The van der Waals surface area contributed by atoms with Crippen molar-refractivity contribution in [1.82, 2.24) is 5.32 Å². The van der Waals surface area contributed by atoms with E-state index in [1.807, 2.05) is 0 Å². The van der Waals surface area contributed by atoms with Gasteiger partial charge >= 0.3 is 0 Å². The molecular formula is C16H14N2O4S2. The first-order chi connectivity index (χ1) is 11.5. The average molecular weight is 362 g/mol. The summed E-state index contributed by atoms with van der Waals surface area (Å²) in [5.74, 6) is 0.391. The number of sulfonamides is 1. The van der Waals surface area contributed by atoms with Crippen LogP contribution in [0.4, 0.5) is 5.69 Å². The van der Waals surface area contributed by atoms with E-state index in [9.17, 15) is 13.2 Å². The van der Waals surface area contributed by atoms with Crippen molar-refractivity contribution in [3.05, 3.63) is 71.5 Å². The third kappa shape index (κ3) is 3.84. The summed E-state index contributed by atoms with van der Waals surface area (Å²) >= 11 is 1.14. The fourth-order valence-corrected chi connectivity index (χ4v) is 4.05. The van der Waals surface area contributed by atoms with E-state index in [1.165, 1.54) is 12.3 Å². The second-order valence-corrected chi connectivity index (χ2v) is 7.73. The third-order valence-corrected chi connectivity index (χ3v) is 5.94. The van der Waals surface area contributed by atoms with Crippen LogP contribution in [0.25, 0.3) is 0 Å². The summed E-state index contributed by atoms with van der Waals surface area (Å²) in [6, 6.07) is 12.9. The van der Waals surface area contributed by atoms with Crippen LogP contribution in [0.15, 0.2) is 68.8 Å². The van der Waals surface area contributed by atoms with Gasteiger partial charge in [0, 0.05) is 11.3 Å². The summed E-state index contributed by atoms with van der Waals surface area (Å²) in [7, 11) is -3.59. The molecule has 0 aliphatic rings. The molecule has 0 bridgehead atoms. The highest BCUT2D eigenvalue weighted by atomic mass is 32.2. The zero-order valence-corrected chi connectivity index (χ0v) is 14.1. The van der Waals surface area contributed by atoms with Crippen LogP contribution in [0.1, 0.15) is 16.1 Å². The maximum Gasteiger partial charge on any atom is 0.271 e. The zero-order valence-electron chi connectivity index (χ0n) is 12.4. The van der Waals surface area contributed by atoms with Crippen molar-refractivity contribution in [1.29, 1.82) is 0 Å². The number of anilines is 1. The minimum absolute atomic E-state index is 0.239. The van der Waals surface area contributed by atoms with E-state index in [0.717, 1.165) is 11.3 Å². The van der Waals surface area contributed by atoms with Gasteiger partial charge in [-0.2, -0.15) is 0 Å². The van der Waals surface area contributed by atoms with E-state index >= 15 is 0 Å². The summed E-state index contributed by atoms with van der Waals surface area (Å²) in [5.41, 5.74) is 0.826. The van der Waals surface area contributed by atoms with Crippen molar-refractivity contribution in [3.63, 3.8) is 0 Å². The normalized spacial score (nSPS) is 11.2. The van der Waals surface area contributed by atoms with E-state index in [4.69, 9.17) is 4.42 Å². The topological polar surface area (TPSA) is 88.4 Å². The Balaban J connectivity index is 1.64. The lowest BCUT2D eigenvalue weighted by Crippen LogP contribution is -2.22. The van der Waals surface area contributed by atoms with Crippen molar-refractivity contribution < 1.29 is 17.6 Å². The smallest absolute Gasteiger partial charge is 0.271 e. The standard InChI is InChI=1S/C16H14N2O4S2/c19-16(17-11-14-3-1-9-22-14)12-5-7-13(8-6-12)18-24(20,21)15-4-2-10-23-15/h1-10,18H,11H2,(H,17,19). The van der Waals surface area contributed by atoms with Gasteiger partial charge in [-0.15, -0.1) is 11.3 Å². The molecule has 0 atom stereocenters. The van der Waals surface area contributed by atoms with Crippen molar-refractivity contribution in [2.45, 2.75) is 10.8 Å². The minimum Gasteiger partial charge on any atom is -0.467 e. The second kappa shape index (κ2) is 6.90. The molecule has 1 amide bonds. The molecule has 3 rings (SSSR count). The average Bonchev–Trinajstić information content (AvgIpc) is 3.26. The molecule has 0 aliphatic heterocycles. The highest BCUT2D eigenvalue weighted by molar-refractivity contribution is 7.94. The Morgan fingerprint density at radius 2 is 1.88 bits per heavy atom. The first-order valence-corrected chi connectivity index (χ1v) is 9.38. The van der Waals surface area contributed by atoms with Crippen LogP contribution < -0.4 is 10.0 Å². The Labute approximate surface area is 143 Å². The van der Waals surface area contributed by atoms with Crippen LogP contribution in [0, 0.1) is 0 Å². The van der Waals surface area contributed by atoms with Gasteiger partial charge in [-0.3, -0.25) is 9.52 Å². The van der Waals surface area contributed by atoms with Crippen LogP contribution in [-0.2, 0) is 16.6 Å². The molecule has 0 radical (unpaired) electrons. The van der Waals surface area contributed by atoms with Gasteiger partial charge in [0.1, 0.15) is 9.97 Å². The molecule has 3 aromatic rings. The number of carbonyl (C=O) groups is 1. The Bertz CT molecular complexity index is 900. The highest BCUT2D eigenvalue weighted by Gasteiger charge is 2.15. The van der Waals surface area contributed by atoms with Crippen molar-refractivity contribution in [3.8, 4) is 0 Å². The highest BCUT2D eigenvalue weighted by Crippen LogP contribution is 2.20. The van der Waals surface area contributed by atoms with E-state index in [2.05, 4.69) is 10.0 Å². The quantitative estimate of drug-likeness (QED) is 0.705. The number of furan rings is 1. The number of benzene rings is 1. The predicted octanol–water partition coefficient (Wildman–Crippen LogP) is 3.07. The monoisotopic (exact) mass is 362 g/mol. The van der Waals surface area contributed by atoms with Crippen LogP contribution >= 0.6 is 11.3 Å². The first-order valence-electron chi connectivity index (χ1n) is 7.01. The summed E-state index contributed by atoms with van der Waals surface area (Å²) in [5, 5.41) is 4.42. The predicted molar refractivity (Wildman–Crippen MR) is 91.4 cm³/mol. The molecule has 0 fully saturated rings. The van der Waals surface area contributed by atoms with E-state index in [0.29, 0.717) is 23.6 Å². The lowest BCUT2D eigenvalue weighted by Gasteiger charge is -2.07. The molecular weight excluding hydrogens is 348 g/mol. The van der Waals surface area contributed by atoms with Gasteiger partial charge in [-0.25, -0.2) is 8.42 Å². The van der Waals surface area contributed by atoms with Gasteiger partial charge in [0.25, 0.3) is 15.9 Å². The fraction of sp³-hybridized carbons (Fsp3) is 0.0625. The lowest BCUT2D eigenvalue weighted by molar-refractivity contribution is 0.0948. The number of thiophene rings is 1. The molecule has 124 valence electrons. The Morgan fingerprint density at radius 1 is 1.08 bits per heavy atom. The number of rotatable bonds is 6. The van der Waals surface area contributed by atoms with Gasteiger partial charge in [-0.1, -0.05) is 6.07 Å². The largest absolute Gasteiger partial charge is 0.467 e. The van der Waals surface area contributed by atoms with Gasteiger partial charge in [-0.05, 0) is 47.8 Å². The number of hydrogen-bond acceptors (Lipinski definition) is 5. The van der Waals surface area contributed by atoms with Crippen LogP contribution in [0.2, 0.25) is 0 Å². The fourth-order valence-electron chi connectivity index (χ4n) is 1.99. The molecule has 2 heterocycles. The van der Waals surface area contributed by atoms with Crippen molar-refractivity contribution >= 4 is 33.0 Å². The van der Waals surface area contributed by atoms with E-state index in [-0.39, 0.29) is 10.1 Å². The molecule has 1 aromatic carbocycles. The molecule has 8 heteroatoms. The summed E-state index contributed by atoms with van der Waals surface area (Å²) in [6.07, 6.45) is 1.54. The van der Waals surface area contributed by atoms with Gasteiger partial charge in [0.05, 0.1) is 12.8 Å². The molecule has 0 unspecified atom stereocenters. The Kier molecular flexibility index (Phi) is 4.68. The van der Waals surface area contributed by atoms with E-state index < -0.39 is 10.0 Å². The molecule has 6 nitrogen and oxygen atoms in total.